The second-order valence-corrected chi connectivity index (χ2v) is 5.78. The van der Waals surface area contributed by atoms with Crippen LogP contribution >= 0.6 is 39.3 Å². The highest BCUT2D eigenvalue weighted by molar-refractivity contribution is 9.10. The number of oxime groups is 1. The molecule has 0 aliphatic heterocycles. The van der Waals surface area contributed by atoms with E-state index in [-0.39, 0.29) is 5.84 Å². The summed E-state index contributed by atoms with van der Waals surface area (Å²) in [6.07, 6.45) is 1.66. The van der Waals surface area contributed by atoms with Crippen molar-refractivity contribution >= 4 is 45.1 Å². The third-order valence-electron chi connectivity index (χ3n) is 2.27. The van der Waals surface area contributed by atoms with Gasteiger partial charge < -0.3 is 10.9 Å². The second kappa shape index (κ2) is 6.27. The number of nitrogens with two attached hydrogens (primary N) is 1. The molecule has 0 amide bonds. The molecule has 0 aliphatic carbocycles. The lowest BCUT2D eigenvalue weighted by molar-refractivity contribution is 0.318. The minimum absolute atomic E-state index is 0.0297. The number of pyridine rings is 1. The monoisotopic (exact) mass is 357 g/mol. The zero-order valence-corrected chi connectivity index (χ0v) is 12.7. The fraction of sp³-hybridized carbons (Fsp3) is 0. The Balaban J connectivity index is 2.47. The van der Waals surface area contributed by atoms with Crippen LogP contribution in [-0.2, 0) is 0 Å². The van der Waals surface area contributed by atoms with Gasteiger partial charge in [0, 0.05) is 21.1 Å². The maximum atomic E-state index is 8.85. The molecule has 2 aromatic rings. The van der Waals surface area contributed by atoms with Crippen LogP contribution in [-0.4, -0.2) is 16.0 Å². The van der Waals surface area contributed by atoms with E-state index >= 15 is 0 Å². The zero-order chi connectivity index (χ0) is 13.8. The number of rotatable bonds is 3. The van der Waals surface area contributed by atoms with Gasteiger partial charge in [0.15, 0.2) is 5.84 Å². The van der Waals surface area contributed by atoms with Crippen LogP contribution in [0.2, 0.25) is 5.02 Å². The van der Waals surface area contributed by atoms with E-state index in [1.807, 2.05) is 18.2 Å². The summed E-state index contributed by atoms with van der Waals surface area (Å²) in [4.78, 5) is 5.00. The first-order chi connectivity index (χ1) is 9.13. The van der Waals surface area contributed by atoms with Crippen LogP contribution in [0, 0.1) is 0 Å². The minimum Gasteiger partial charge on any atom is -0.409 e. The average molecular weight is 359 g/mol. The molecule has 1 heterocycles. The Morgan fingerprint density at radius 2 is 2.16 bits per heavy atom. The zero-order valence-electron chi connectivity index (χ0n) is 9.55. The van der Waals surface area contributed by atoms with Gasteiger partial charge in [0.05, 0.1) is 5.02 Å². The van der Waals surface area contributed by atoms with Crippen molar-refractivity contribution in [1.29, 1.82) is 0 Å². The normalized spacial score (nSPS) is 11.6. The quantitative estimate of drug-likeness (QED) is 0.379. The van der Waals surface area contributed by atoms with Gasteiger partial charge in [0.1, 0.15) is 5.03 Å². The maximum absolute atomic E-state index is 8.85. The van der Waals surface area contributed by atoms with Crippen molar-refractivity contribution in [2.45, 2.75) is 9.92 Å². The van der Waals surface area contributed by atoms with Crippen LogP contribution in [0.3, 0.4) is 0 Å². The molecule has 7 heteroatoms. The molecule has 0 bridgehead atoms. The lowest BCUT2D eigenvalue weighted by atomic mass is 10.2. The molecule has 1 aromatic heterocycles. The number of nitrogens with zero attached hydrogens (tertiary/aromatic N) is 2. The molecule has 0 saturated heterocycles. The van der Waals surface area contributed by atoms with E-state index in [9.17, 15) is 0 Å². The maximum Gasteiger partial charge on any atom is 0.172 e. The molecule has 2 rings (SSSR count). The van der Waals surface area contributed by atoms with Gasteiger partial charge in [0.2, 0.25) is 0 Å². The Hall–Kier alpha value is -1.24. The SMILES string of the molecule is N/C(=N/O)c1c(Br)cccc1Sc1ncccc1Cl. The Morgan fingerprint density at radius 3 is 2.84 bits per heavy atom. The van der Waals surface area contributed by atoms with Crippen LogP contribution in [0.25, 0.3) is 0 Å². The van der Waals surface area contributed by atoms with Crippen LogP contribution < -0.4 is 5.73 Å². The summed E-state index contributed by atoms with van der Waals surface area (Å²) in [6.45, 7) is 0. The number of hydrogen-bond donors (Lipinski definition) is 2. The fourth-order valence-electron chi connectivity index (χ4n) is 1.44. The number of aromatic nitrogens is 1. The van der Waals surface area contributed by atoms with E-state index in [1.54, 1.807) is 18.3 Å². The van der Waals surface area contributed by atoms with Gasteiger partial charge in [0.25, 0.3) is 0 Å². The van der Waals surface area contributed by atoms with E-state index in [0.717, 1.165) is 9.37 Å². The smallest absolute Gasteiger partial charge is 0.172 e. The van der Waals surface area contributed by atoms with Gasteiger partial charge in [-0.15, -0.1) is 0 Å². The summed E-state index contributed by atoms with van der Waals surface area (Å²) in [5.74, 6) is 0.0297. The van der Waals surface area contributed by atoms with E-state index in [1.165, 1.54) is 11.8 Å². The van der Waals surface area contributed by atoms with Crippen molar-refractivity contribution in [2.24, 2.45) is 10.9 Å². The summed E-state index contributed by atoms with van der Waals surface area (Å²) >= 11 is 10.8. The molecule has 3 N–H and O–H groups in total. The molecular weight excluding hydrogens is 350 g/mol. The topological polar surface area (TPSA) is 71.5 Å². The summed E-state index contributed by atoms with van der Waals surface area (Å²) in [7, 11) is 0. The third kappa shape index (κ3) is 3.20. The molecular formula is C12H9BrClN3OS. The second-order valence-electron chi connectivity index (χ2n) is 3.49. The van der Waals surface area contributed by atoms with Crippen LogP contribution in [0.4, 0.5) is 0 Å². The molecule has 0 aliphatic rings. The molecule has 0 saturated carbocycles. The van der Waals surface area contributed by atoms with Crippen LogP contribution in [0.5, 0.6) is 0 Å². The van der Waals surface area contributed by atoms with Gasteiger partial charge in [-0.2, -0.15) is 0 Å². The summed E-state index contributed by atoms with van der Waals surface area (Å²) in [5.41, 5.74) is 6.30. The predicted molar refractivity (Wildman–Crippen MR) is 80.0 cm³/mol. The van der Waals surface area contributed by atoms with E-state index in [2.05, 4.69) is 26.1 Å². The van der Waals surface area contributed by atoms with Gasteiger partial charge in [-0.05, 0) is 40.2 Å². The lowest BCUT2D eigenvalue weighted by Crippen LogP contribution is -2.15. The number of halogens is 2. The molecule has 98 valence electrons. The van der Waals surface area contributed by atoms with Crippen molar-refractivity contribution in [3.8, 4) is 0 Å². The predicted octanol–water partition coefficient (Wildman–Crippen LogP) is 3.74. The molecule has 0 unspecified atom stereocenters. The van der Waals surface area contributed by atoms with E-state index in [0.29, 0.717) is 15.6 Å². The van der Waals surface area contributed by atoms with Crippen molar-refractivity contribution in [3.63, 3.8) is 0 Å². The van der Waals surface area contributed by atoms with Crippen LogP contribution in [0.1, 0.15) is 5.56 Å². The molecule has 4 nitrogen and oxygen atoms in total. The van der Waals surface area contributed by atoms with Crippen molar-refractivity contribution < 1.29 is 5.21 Å². The third-order valence-corrected chi connectivity index (χ3v) is 4.43. The first-order valence-electron chi connectivity index (χ1n) is 5.18. The summed E-state index contributed by atoms with van der Waals surface area (Å²) < 4.78 is 0.736. The molecule has 0 fully saturated rings. The Morgan fingerprint density at radius 1 is 1.37 bits per heavy atom. The van der Waals surface area contributed by atoms with Crippen molar-refractivity contribution in [1.82, 2.24) is 4.98 Å². The van der Waals surface area contributed by atoms with Gasteiger partial charge in [-0.25, -0.2) is 4.98 Å². The lowest BCUT2D eigenvalue weighted by Gasteiger charge is -2.10. The van der Waals surface area contributed by atoms with Crippen LogP contribution in [0.15, 0.2) is 56.1 Å². The highest BCUT2D eigenvalue weighted by Gasteiger charge is 2.14. The Kier molecular flexibility index (Phi) is 4.68. The largest absolute Gasteiger partial charge is 0.409 e. The summed E-state index contributed by atoms with van der Waals surface area (Å²) in [5, 5.41) is 13.1. The standard InChI is InChI=1S/C12H9BrClN3OS/c13-7-3-1-5-9(10(7)11(15)17-18)19-12-8(14)4-2-6-16-12/h1-6,18H,(H2,15,17). The number of amidine groups is 1. The molecule has 0 spiro atoms. The highest BCUT2D eigenvalue weighted by atomic mass is 79.9. The molecule has 1 aromatic carbocycles. The number of hydrogen-bond acceptors (Lipinski definition) is 4. The molecule has 19 heavy (non-hydrogen) atoms. The average Bonchev–Trinajstić information content (AvgIpc) is 2.41. The van der Waals surface area contributed by atoms with E-state index < -0.39 is 0 Å². The fourth-order valence-corrected chi connectivity index (χ4v) is 3.33. The Labute approximate surface area is 127 Å². The molecule has 0 radical (unpaired) electrons. The Bertz CT molecular complexity index is 636. The van der Waals surface area contributed by atoms with Gasteiger partial charge >= 0.3 is 0 Å². The molecule has 0 atom stereocenters. The van der Waals surface area contributed by atoms with Crippen molar-refractivity contribution in [2.75, 3.05) is 0 Å². The highest BCUT2D eigenvalue weighted by Crippen LogP contribution is 2.35. The van der Waals surface area contributed by atoms with E-state index in [4.69, 9.17) is 22.5 Å². The van der Waals surface area contributed by atoms with Gasteiger partial charge in [-0.3, -0.25) is 0 Å². The minimum atomic E-state index is 0.0297. The van der Waals surface area contributed by atoms with Gasteiger partial charge in [-0.1, -0.05) is 34.6 Å². The number of benzene rings is 1. The first-order valence-corrected chi connectivity index (χ1v) is 7.17. The van der Waals surface area contributed by atoms with Crippen molar-refractivity contribution in [3.05, 3.63) is 51.6 Å². The first kappa shape index (κ1) is 14.2. The summed E-state index contributed by atoms with van der Waals surface area (Å²) in [6, 6.07) is 9.05.